The van der Waals surface area contributed by atoms with E-state index in [1.165, 1.54) is 7.11 Å². The molecule has 0 radical (unpaired) electrons. The third kappa shape index (κ3) is 2.76. The highest BCUT2D eigenvalue weighted by Gasteiger charge is 2.66. The molecular weight excluding hydrogens is 404 g/mol. The van der Waals surface area contributed by atoms with Crippen LogP contribution in [-0.4, -0.2) is 61.0 Å². The van der Waals surface area contributed by atoms with E-state index in [2.05, 4.69) is 0 Å². The summed E-state index contributed by atoms with van der Waals surface area (Å²) in [5.74, 6) is -8.87. The van der Waals surface area contributed by atoms with Crippen LogP contribution < -0.4 is 15.4 Å². The number of fused-ring (bicyclic) bond motifs is 3. The fraction of sp³-hybridized carbons (Fsp3) is 0.500. The number of amides is 1. The molecule has 0 bridgehead atoms. The van der Waals surface area contributed by atoms with Crippen molar-refractivity contribution < 1.29 is 33.8 Å². The van der Waals surface area contributed by atoms with Gasteiger partial charge in [-0.2, -0.15) is 0 Å². The van der Waals surface area contributed by atoms with Gasteiger partial charge in [-0.3, -0.25) is 24.0 Å². The monoisotopic (exact) mass is 428 g/mol. The summed E-state index contributed by atoms with van der Waals surface area (Å²) in [6, 6.07) is 3.47. The van der Waals surface area contributed by atoms with Gasteiger partial charge in [0, 0.05) is 32.1 Å². The van der Waals surface area contributed by atoms with Crippen LogP contribution in [0, 0.1) is 23.7 Å². The molecule has 1 aromatic rings. The first kappa shape index (κ1) is 21.2. The Labute approximate surface area is 178 Å². The highest BCUT2D eigenvalue weighted by Crippen LogP contribution is 2.51. The van der Waals surface area contributed by atoms with Crippen LogP contribution in [0.3, 0.4) is 0 Å². The summed E-state index contributed by atoms with van der Waals surface area (Å²) in [6.45, 7) is 0. The molecule has 3 aliphatic rings. The van der Waals surface area contributed by atoms with Crippen LogP contribution in [0.2, 0.25) is 0 Å². The van der Waals surface area contributed by atoms with Crippen molar-refractivity contribution in [3.05, 3.63) is 23.3 Å². The lowest BCUT2D eigenvalue weighted by Crippen LogP contribution is -2.68. The number of hydrogen-bond donors (Lipinski definition) is 2. The Morgan fingerprint density at radius 1 is 1.16 bits per heavy atom. The van der Waals surface area contributed by atoms with Crippen LogP contribution in [0.4, 0.5) is 5.69 Å². The second-order valence-corrected chi connectivity index (χ2v) is 8.77. The number of primary amides is 1. The van der Waals surface area contributed by atoms with Crippen LogP contribution in [0.5, 0.6) is 5.75 Å². The van der Waals surface area contributed by atoms with E-state index in [1.54, 1.807) is 6.07 Å². The molecule has 4 rings (SSSR count). The first-order valence-corrected chi connectivity index (χ1v) is 10.1. The van der Waals surface area contributed by atoms with Gasteiger partial charge in [-0.05, 0) is 36.5 Å². The lowest BCUT2D eigenvalue weighted by molar-refractivity contribution is -0.175. The molecule has 0 heterocycles. The van der Waals surface area contributed by atoms with Gasteiger partial charge < -0.3 is 20.5 Å². The summed E-state index contributed by atoms with van der Waals surface area (Å²) in [4.78, 5) is 65.7. The molecule has 0 aromatic heterocycles. The van der Waals surface area contributed by atoms with Gasteiger partial charge in [0.1, 0.15) is 5.75 Å². The number of anilines is 1. The number of nitrogens with two attached hydrogens (primary N) is 1. The zero-order chi connectivity index (χ0) is 22.8. The summed E-state index contributed by atoms with van der Waals surface area (Å²) in [5.41, 5.74) is 4.41. The maximum absolute atomic E-state index is 13.5. The molecule has 164 valence electrons. The fourth-order valence-electron chi connectivity index (χ4n) is 5.53. The molecule has 3 N–H and O–H groups in total. The van der Waals surface area contributed by atoms with Crippen molar-refractivity contribution in [2.75, 3.05) is 26.1 Å². The molecule has 1 aromatic carbocycles. The molecule has 31 heavy (non-hydrogen) atoms. The van der Waals surface area contributed by atoms with Crippen LogP contribution in [0.25, 0.3) is 0 Å². The summed E-state index contributed by atoms with van der Waals surface area (Å²) in [5, 5.41) is 11.2. The van der Waals surface area contributed by atoms with Crippen molar-refractivity contribution in [1.29, 1.82) is 0 Å². The van der Waals surface area contributed by atoms with E-state index in [0.717, 1.165) is 11.3 Å². The number of carbonyl (C=O) groups is 5. The molecule has 1 amide bonds. The Hall–Kier alpha value is -3.07. The van der Waals surface area contributed by atoms with Gasteiger partial charge in [-0.25, -0.2) is 0 Å². The van der Waals surface area contributed by atoms with Gasteiger partial charge in [0.25, 0.3) is 0 Å². The highest BCUT2D eigenvalue weighted by atomic mass is 16.5. The second kappa shape index (κ2) is 6.98. The van der Waals surface area contributed by atoms with E-state index < -0.39 is 58.3 Å². The van der Waals surface area contributed by atoms with E-state index >= 15 is 0 Å². The van der Waals surface area contributed by atoms with Crippen molar-refractivity contribution in [3.8, 4) is 5.75 Å². The lowest BCUT2D eigenvalue weighted by atomic mass is 9.54. The topological polar surface area (TPSA) is 144 Å². The van der Waals surface area contributed by atoms with E-state index in [9.17, 15) is 29.1 Å². The van der Waals surface area contributed by atoms with E-state index in [4.69, 9.17) is 10.5 Å². The van der Waals surface area contributed by atoms with Crippen molar-refractivity contribution >= 4 is 34.7 Å². The molecular formula is C22H24N2O7. The molecule has 2 unspecified atom stereocenters. The van der Waals surface area contributed by atoms with Gasteiger partial charge in [-0.15, -0.1) is 0 Å². The zero-order valence-corrected chi connectivity index (χ0v) is 17.5. The minimum absolute atomic E-state index is 0.130. The predicted molar refractivity (Wildman–Crippen MR) is 108 cm³/mol. The number of ketones is 4. The Kier molecular flexibility index (Phi) is 4.77. The van der Waals surface area contributed by atoms with Crippen molar-refractivity contribution in [3.63, 3.8) is 0 Å². The Bertz CT molecular complexity index is 1050. The standard InChI is InChI=1S/C22H24N2O7/c1-24(2)12-4-5-14(31-3)16-11(12)7-9-6-10-8-13(25)17(21(23)29)20(28)22(10,30)19(27)15(9)18(16)26/h4-5,9-10,15,17,30H,6-8H2,1-3H3,(H2,23,29)/t9-,10+,15?,17?,22+/m1/s1. The maximum atomic E-state index is 13.5. The number of hydrogen-bond acceptors (Lipinski definition) is 8. The maximum Gasteiger partial charge on any atom is 0.235 e. The Balaban J connectivity index is 1.84. The minimum atomic E-state index is -2.58. The van der Waals surface area contributed by atoms with Gasteiger partial charge >= 0.3 is 0 Å². The third-order valence-corrected chi connectivity index (χ3v) is 6.95. The van der Waals surface area contributed by atoms with Gasteiger partial charge in [0.05, 0.1) is 18.6 Å². The van der Waals surface area contributed by atoms with Crippen LogP contribution in [0.1, 0.15) is 28.8 Å². The van der Waals surface area contributed by atoms with Gasteiger partial charge in [-0.1, -0.05) is 0 Å². The number of benzene rings is 1. The average Bonchev–Trinajstić information content (AvgIpc) is 2.69. The Morgan fingerprint density at radius 3 is 2.42 bits per heavy atom. The summed E-state index contributed by atoms with van der Waals surface area (Å²) >= 11 is 0. The number of aliphatic hydroxyl groups is 1. The van der Waals surface area contributed by atoms with Crippen LogP contribution in [0.15, 0.2) is 12.1 Å². The first-order valence-electron chi connectivity index (χ1n) is 10.1. The Morgan fingerprint density at radius 2 is 1.84 bits per heavy atom. The number of methoxy groups -OCH3 is 1. The molecule has 0 spiro atoms. The molecule has 9 heteroatoms. The first-order chi connectivity index (χ1) is 14.5. The predicted octanol–water partition coefficient (Wildman–Crippen LogP) is -0.304. The van der Waals surface area contributed by atoms with E-state index in [0.29, 0.717) is 12.2 Å². The normalized spacial score (nSPS) is 32.1. The number of rotatable bonds is 3. The molecule has 5 atom stereocenters. The van der Waals surface area contributed by atoms with E-state index in [1.807, 2.05) is 25.1 Å². The molecule has 0 saturated heterocycles. The fourth-order valence-corrected chi connectivity index (χ4v) is 5.53. The van der Waals surface area contributed by atoms with Crippen LogP contribution in [-0.2, 0) is 25.6 Å². The summed E-state index contributed by atoms with van der Waals surface area (Å²) in [7, 11) is 5.10. The molecule has 0 aliphatic heterocycles. The number of nitrogens with zero attached hydrogens (tertiary/aromatic N) is 1. The molecule has 2 fully saturated rings. The SMILES string of the molecule is COc1ccc(N(C)C)c2c1C(=O)C1C(=O)[C@]3(O)C(=O)C(C(N)=O)C(=O)C[C@@H]3C[C@@H]1C2. The molecule has 2 saturated carbocycles. The van der Waals surface area contributed by atoms with Crippen molar-refractivity contribution in [1.82, 2.24) is 0 Å². The average molecular weight is 428 g/mol. The van der Waals surface area contributed by atoms with Crippen molar-refractivity contribution in [2.24, 2.45) is 29.4 Å². The number of carbonyl (C=O) groups excluding carboxylic acids is 5. The largest absolute Gasteiger partial charge is 0.496 e. The smallest absolute Gasteiger partial charge is 0.235 e. The number of Topliss-reactive ketones (excluding diaryl/α,β-unsaturated/α-hetero) is 4. The van der Waals surface area contributed by atoms with Gasteiger partial charge in [0.15, 0.2) is 34.7 Å². The van der Waals surface area contributed by atoms with E-state index in [-0.39, 0.29) is 18.4 Å². The summed E-state index contributed by atoms with van der Waals surface area (Å²) < 4.78 is 5.36. The van der Waals surface area contributed by atoms with Crippen LogP contribution >= 0.6 is 0 Å². The lowest BCUT2D eigenvalue weighted by Gasteiger charge is -2.48. The highest BCUT2D eigenvalue weighted by molar-refractivity contribution is 6.31. The number of ether oxygens (including phenoxy) is 1. The van der Waals surface area contributed by atoms with Gasteiger partial charge in [0.2, 0.25) is 5.91 Å². The minimum Gasteiger partial charge on any atom is -0.496 e. The van der Waals surface area contributed by atoms with Crippen molar-refractivity contribution in [2.45, 2.75) is 24.9 Å². The summed E-state index contributed by atoms with van der Waals surface area (Å²) in [6.07, 6.45) is 0.173. The zero-order valence-electron chi connectivity index (χ0n) is 17.5. The third-order valence-electron chi connectivity index (χ3n) is 6.95. The molecule has 3 aliphatic carbocycles. The molecule has 9 nitrogen and oxygen atoms in total. The quantitative estimate of drug-likeness (QED) is 0.624. The second-order valence-electron chi connectivity index (χ2n) is 8.77.